The lowest BCUT2D eigenvalue weighted by Crippen LogP contribution is -2.23. The van der Waals surface area contributed by atoms with E-state index >= 15 is 0 Å². The molecule has 0 aliphatic carbocycles. The predicted octanol–water partition coefficient (Wildman–Crippen LogP) is 3.33. The summed E-state index contributed by atoms with van der Waals surface area (Å²) in [6.45, 7) is 5.30. The Hall–Kier alpha value is -1.46. The zero-order valence-electron chi connectivity index (χ0n) is 12.7. The summed E-state index contributed by atoms with van der Waals surface area (Å²) in [7, 11) is 2.15. The molecule has 0 N–H and O–H groups in total. The largest absolute Gasteiger partial charge is 0.341 e. The monoisotopic (exact) mass is 302 g/mol. The molecule has 0 aromatic carbocycles. The molecule has 112 valence electrons. The van der Waals surface area contributed by atoms with Crippen LogP contribution in [0.3, 0.4) is 0 Å². The standard InChI is InChI=1S/C16H22N4S/c1-13(15-6-5-9-21-15)19(2)12-14-10-17-16(18-11-14)20-7-3-4-8-20/h5-6,9-11,13H,3-4,7-8,12H2,1-2H3/t13-/m1/s1. The molecule has 0 bridgehead atoms. The lowest BCUT2D eigenvalue weighted by molar-refractivity contribution is 0.256. The molecule has 1 aliphatic heterocycles. The average molecular weight is 302 g/mol. The molecule has 2 aromatic rings. The molecule has 2 aromatic heterocycles. The van der Waals surface area contributed by atoms with E-state index in [-0.39, 0.29) is 0 Å². The number of anilines is 1. The minimum Gasteiger partial charge on any atom is -0.341 e. The van der Waals surface area contributed by atoms with Gasteiger partial charge in [-0.3, -0.25) is 4.90 Å². The van der Waals surface area contributed by atoms with E-state index in [0.717, 1.165) is 25.6 Å². The van der Waals surface area contributed by atoms with Crippen LogP contribution in [0.2, 0.25) is 0 Å². The van der Waals surface area contributed by atoms with E-state index in [0.29, 0.717) is 6.04 Å². The van der Waals surface area contributed by atoms with Crippen molar-refractivity contribution in [1.82, 2.24) is 14.9 Å². The van der Waals surface area contributed by atoms with Gasteiger partial charge in [-0.1, -0.05) is 6.07 Å². The fraction of sp³-hybridized carbons (Fsp3) is 0.500. The van der Waals surface area contributed by atoms with Gasteiger partial charge in [-0.15, -0.1) is 11.3 Å². The molecule has 3 heterocycles. The van der Waals surface area contributed by atoms with E-state index in [1.807, 2.05) is 23.7 Å². The molecule has 0 radical (unpaired) electrons. The molecule has 5 heteroatoms. The van der Waals surface area contributed by atoms with Crippen molar-refractivity contribution in [2.45, 2.75) is 32.4 Å². The van der Waals surface area contributed by atoms with E-state index in [1.54, 1.807) is 0 Å². The van der Waals surface area contributed by atoms with E-state index in [2.05, 4.69) is 51.3 Å². The molecule has 4 nitrogen and oxygen atoms in total. The predicted molar refractivity (Wildman–Crippen MR) is 87.7 cm³/mol. The van der Waals surface area contributed by atoms with Gasteiger partial charge in [0.25, 0.3) is 0 Å². The highest BCUT2D eigenvalue weighted by Gasteiger charge is 2.16. The molecule has 21 heavy (non-hydrogen) atoms. The van der Waals surface area contributed by atoms with E-state index in [4.69, 9.17) is 0 Å². The highest BCUT2D eigenvalue weighted by Crippen LogP contribution is 2.24. The Kier molecular flexibility index (Phi) is 4.51. The number of hydrogen-bond acceptors (Lipinski definition) is 5. The first-order chi connectivity index (χ1) is 10.2. The fourth-order valence-corrected chi connectivity index (χ4v) is 3.53. The molecule has 1 atom stereocenters. The number of nitrogens with zero attached hydrogens (tertiary/aromatic N) is 4. The summed E-state index contributed by atoms with van der Waals surface area (Å²) >= 11 is 1.81. The van der Waals surface area contributed by atoms with Crippen molar-refractivity contribution in [3.63, 3.8) is 0 Å². The minimum atomic E-state index is 0.420. The van der Waals surface area contributed by atoms with Crippen LogP contribution in [0.25, 0.3) is 0 Å². The number of hydrogen-bond donors (Lipinski definition) is 0. The van der Waals surface area contributed by atoms with Crippen LogP contribution in [0, 0.1) is 0 Å². The summed E-state index contributed by atoms with van der Waals surface area (Å²) in [6.07, 6.45) is 6.45. The number of rotatable bonds is 5. The minimum absolute atomic E-state index is 0.420. The third-order valence-corrected chi connectivity index (χ3v) is 5.17. The molecule has 1 saturated heterocycles. The van der Waals surface area contributed by atoms with Gasteiger partial charge in [0.2, 0.25) is 5.95 Å². The van der Waals surface area contributed by atoms with Crippen molar-refractivity contribution in [3.05, 3.63) is 40.3 Å². The molecular weight excluding hydrogens is 280 g/mol. The quantitative estimate of drug-likeness (QED) is 0.848. The summed E-state index contributed by atoms with van der Waals surface area (Å²) in [5.41, 5.74) is 1.17. The molecule has 3 rings (SSSR count). The Morgan fingerprint density at radius 2 is 2.00 bits per heavy atom. The van der Waals surface area contributed by atoms with Crippen LogP contribution >= 0.6 is 11.3 Å². The van der Waals surface area contributed by atoms with Gasteiger partial charge in [0, 0.05) is 48.5 Å². The second-order valence-electron chi connectivity index (χ2n) is 5.69. The van der Waals surface area contributed by atoms with Crippen molar-refractivity contribution < 1.29 is 0 Å². The van der Waals surface area contributed by atoms with Crippen LogP contribution in [0.4, 0.5) is 5.95 Å². The lowest BCUT2D eigenvalue weighted by Gasteiger charge is -2.23. The van der Waals surface area contributed by atoms with Gasteiger partial charge >= 0.3 is 0 Å². The average Bonchev–Trinajstić information content (AvgIpc) is 3.20. The van der Waals surface area contributed by atoms with Gasteiger partial charge in [0.15, 0.2) is 0 Å². The van der Waals surface area contributed by atoms with Crippen LogP contribution in [0.5, 0.6) is 0 Å². The van der Waals surface area contributed by atoms with Gasteiger partial charge in [0.05, 0.1) is 0 Å². The van der Waals surface area contributed by atoms with Gasteiger partial charge in [-0.2, -0.15) is 0 Å². The van der Waals surface area contributed by atoms with Crippen molar-refractivity contribution in [2.24, 2.45) is 0 Å². The maximum atomic E-state index is 4.53. The molecule has 0 saturated carbocycles. The summed E-state index contributed by atoms with van der Waals surface area (Å²) < 4.78 is 0. The highest BCUT2D eigenvalue weighted by atomic mass is 32.1. The summed E-state index contributed by atoms with van der Waals surface area (Å²) in [6, 6.07) is 4.72. The van der Waals surface area contributed by atoms with E-state index < -0.39 is 0 Å². The normalized spacial score (nSPS) is 16.6. The van der Waals surface area contributed by atoms with E-state index in [9.17, 15) is 0 Å². The van der Waals surface area contributed by atoms with Crippen LogP contribution in [-0.2, 0) is 6.54 Å². The van der Waals surface area contributed by atoms with Crippen molar-refractivity contribution >= 4 is 17.3 Å². The molecule has 0 unspecified atom stereocenters. The van der Waals surface area contributed by atoms with Crippen molar-refractivity contribution in [3.8, 4) is 0 Å². The maximum Gasteiger partial charge on any atom is 0.225 e. The number of aromatic nitrogens is 2. The zero-order valence-corrected chi connectivity index (χ0v) is 13.5. The van der Waals surface area contributed by atoms with Crippen molar-refractivity contribution in [1.29, 1.82) is 0 Å². The van der Waals surface area contributed by atoms with Gasteiger partial charge in [0.1, 0.15) is 0 Å². The topological polar surface area (TPSA) is 32.3 Å². The van der Waals surface area contributed by atoms with Gasteiger partial charge in [-0.05, 0) is 38.3 Å². The second-order valence-corrected chi connectivity index (χ2v) is 6.67. The first kappa shape index (κ1) is 14.5. The second kappa shape index (κ2) is 6.54. The summed E-state index contributed by atoms with van der Waals surface area (Å²) in [5, 5.41) is 2.13. The Balaban J connectivity index is 1.62. The van der Waals surface area contributed by atoms with Crippen LogP contribution < -0.4 is 4.90 Å². The fourth-order valence-electron chi connectivity index (χ4n) is 2.68. The van der Waals surface area contributed by atoms with E-state index in [1.165, 1.54) is 23.3 Å². The molecule has 1 aliphatic rings. The van der Waals surface area contributed by atoms with Crippen molar-refractivity contribution in [2.75, 3.05) is 25.0 Å². The molecular formula is C16H22N4S. The molecule has 0 amide bonds. The summed E-state index contributed by atoms with van der Waals surface area (Å²) in [5.74, 6) is 0.880. The summed E-state index contributed by atoms with van der Waals surface area (Å²) in [4.78, 5) is 15.0. The lowest BCUT2D eigenvalue weighted by atomic mass is 10.2. The zero-order chi connectivity index (χ0) is 14.7. The van der Waals surface area contributed by atoms with Crippen LogP contribution in [0.15, 0.2) is 29.9 Å². The van der Waals surface area contributed by atoms with Crippen LogP contribution in [-0.4, -0.2) is 35.0 Å². The third kappa shape index (κ3) is 3.41. The third-order valence-electron chi connectivity index (χ3n) is 4.13. The van der Waals surface area contributed by atoms with Gasteiger partial charge < -0.3 is 4.90 Å². The first-order valence-electron chi connectivity index (χ1n) is 7.53. The highest BCUT2D eigenvalue weighted by molar-refractivity contribution is 7.10. The van der Waals surface area contributed by atoms with Crippen LogP contribution in [0.1, 0.15) is 36.2 Å². The maximum absolute atomic E-state index is 4.53. The van der Waals surface area contributed by atoms with Gasteiger partial charge in [-0.25, -0.2) is 9.97 Å². The Morgan fingerprint density at radius 1 is 1.29 bits per heavy atom. The molecule has 1 fully saturated rings. The smallest absolute Gasteiger partial charge is 0.225 e. The molecule has 0 spiro atoms. The Bertz CT molecular complexity index is 546. The number of thiophene rings is 1. The first-order valence-corrected chi connectivity index (χ1v) is 8.41. The Morgan fingerprint density at radius 3 is 2.62 bits per heavy atom. The Labute approximate surface area is 130 Å². The SMILES string of the molecule is C[C@H](c1cccs1)N(C)Cc1cnc(N2CCCC2)nc1.